The van der Waals surface area contributed by atoms with E-state index in [2.05, 4.69) is 15.2 Å². The molecule has 118 valence electrons. The fraction of sp³-hybridized carbons (Fsp3) is 0.167. The van der Waals surface area contributed by atoms with Gasteiger partial charge >= 0.3 is 12.9 Å². The molecule has 0 aliphatic heterocycles. The number of ether oxygens (including phenoxy) is 1. The van der Waals surface area contributed by atoms with Gasteiger partial charge in [-0.2, -0.15) is 18.6 Å². The summed E-state index contributed by atoms with van der Waals surface area (Å²) in [6.07, 6.45) is -3.80. The molecule has 2 rings (SSSR count). The highest BCUT2D eigenvalue weighted by atomic mass is 19.4. The minimum Gasteiger partial charge on any atom is -0.406 e. The summed E-state index contributed by atoms with van der Waals surface area (Å²) < 4.78 is 65.0. The Hall–Kier alpha value is -2.65. The van der Waals surface area contributed by atoms with Crippen molar-refractivity contribution in [2.24, 2.45) is 0 Å². The van der Waals surface area contributed by atoms with Crippen LogP contribution in [-0.4, -0.2) is 22.1 Å². The number of alkyl halides is 5. The van der Waals surface area contributed by atoms with Gasteiger partial charge in [-0.3, -0.25) is 4.79 Å². The number of benzene rings is 1. The molecule has 0 atom stereocenters. The first-order chi connectivity index (χ1) is 10.3. The van der Waals surface area contributed by atoms with Crippen molar-refractivity contribution in [3.63, 3.8) is 0 Å². The van der Waals surface area contributed by atoms with Crippen LogP contribution in [0.5, 0.6) is 5.75 Å². The highest BCUT2D eigenvalue weighted by molar-refractivity contribution is 6.03. The Kier molecular flexibility index (Phi) is 4.29. The van der Waals surface area contributed by atoms with Gasteiger partial charge in [0.2, 0.25) is 0 Å². The molecule has 1 heterocycles. The minimum atomic E-state index is -4.82. The van der Waals surface area contributed by atoms with Crippen molar-refractivity contribution in [3.05, 3.63) is 42.2 Å². The van der Waals surface area contributed by atoms with E-state index in [-0.39, 0.29) is 16.1 Å². The molecule has 0 aliphatic rings. The molecule has 0 saturated heterocycles. The van der Waals surface area contributed by atoms with Crippen LogP contribution in [0.15, 0.2) is 36.5 Å². The summed E-state index contributed by atoms with van der Waals surface area (Å²) >= 11 is 0. The minimum absolute atomic E-state index is 0.113. The molecule has 0 unspecified atom stereocenters. The maximum atomic E-state index is 12.6. The second kappa shape index (κ2) is 6.00. The van der Waals surface area contributed by atoms with Crippen molar-refractivity contribution in [2.75, 3.05) is 5.32 Å². The summed E-state index contributed by atoms with van der Waals surface area (Å²) in [7, 11) is 0. The van der Waals surface area contributed by atoms with Crippen LogP contribution in [-0.2, 0) is 0 Å². The quantitative estimate of drug-likeness (QED) is 0.878. The zero-order chi connectivity index (χ0) is 16.3. The topological polar surface area (TPSA) is 56.1 Å². The van der Waals surface area contributed by atoms with Crippen molar-refractivity contribution in [3.8, 4) is 5.75 Å². The molecular formula is C12H8F5N3O2. The Morgan fingerprint density at radius 2 is 1.82 bits per heavy atom. The second-order valence-corrected chi connectivity index (χ2v) is 3.96. The van der Waals surface area contributed by atoms with Gasteiger partial charge in [0.05, 0.1) is 0 Å². The average molecular weight is 321 g/mol. The van der Waals surface area contributed by atoms with Gasteiger partial charge < -0.3 is 10.1 Å². The molecule has 0 radical (unpaired) electrons. The third kappa shape index (κ3) is 3.93. The molecule has 22 heavy (non-hydrogen) atoms. The van der Waals surface area contributed by atoms with E-state index in [4.69, 9.17) is 0 Å². The Morgan fingerprint density at radius 1 is 1.18 bits per heavy atom. The maximum absolute atomic E-state index is 12.6. The number of nitrogens with one attached hydrogen (secondary N) is 1. The summed E-state index contributed by atoms with van der Waals surface area (Å²) in [6.45, 7) is -2.99. The first-order valence-electron chi connectivity index (χ1n) is 5.75. The molecule has 2 aromatic rings. The average Bonchev–Trinajstić information content (AvgIpc) is 2.89. The molecule has 1 aromatic carbocycles. The highest BCUT2D eigenvalue weighted by Crippen LogP contribution is 2.24. The van der Waals surface area contributed by atoms with Gasteiger partial charge in [0, 0.05) is 11.9 Å². The van der Waals surface area contributed by atoms with Crippen LogP contribution < -0.4 is 10.1 Å². The SMILES string of the molecule is O=C(Nc1ccc(OC(F)(F)F)cc1)c1ccnn1C(F)F. The van der Waals surface area contributed by atoms with Gasteiger partial charge in [-0.05, 0) is 30.3 Å². The van der Waals surface area contributed by atoms with Gasteiger partial charge in [-0.15, -0.1) is 13.2 Å². The van der Waals surface area contributed by atoms with E-state index in [9.17, 15) is 26.7 Å². The van der Waals surface area contributed by atoms with E-state index in [1.54, 1.807) is 0 Å². The first-order valence-corrected chi connectivity index (χ1v) is 5.75. The molecule has 1 N–H and O–H groups in total. The normalized spacial score (nSPS) is 11.5. The molecule has 0 bridgehead atoms. The number of aromatic nitrogens is 2. The van der Waals surface area contributed by atoms with Crippen molar-refractivity contribution in [2.45, 2.75) is 12.9 Å². The lowest BCUT2D eigenvalue weighted by molar-refractivity contribution is -0.274. The summed E-state index contributed by atoms with van der Waals surface area (Å²) in [5, 5.41) is 5.55. The molecular weight excluding hydrogens is 313 g/mol. The third-order valence-electron chi connectivity index (χ3n) is 2.43. The van der Waals surface area contributed by atoms with Gasteiger partial charge in [0.15, 0.2) is 0 Å². The molecule has 0 saturated carbocycles. The summed E-state index contributed by atoms with van der Waals surface area (Å²) in [6, 6.07) is 5.33. The fourth-order valence-corrected chi connectivity index (χ4v) is 1.58. The summed E-state index contributed by atoms with van der Waals surface area (Å²) in [5.41, 5.74) is -0.271. The lowest BCUT2D eigenvalue weighted by Gasteiger charge is -2.10. The predicted molar refractivity (Wildman–Crippen MR) is 64.6 cm³/mol. The number of hydrogen-bond acceptors (Lipinski definition) is 3. The van der Waals surface area contributed by atoms with Crippen LogP contribution >= 0.6 is 0 Å². The van der Waals surface area contributed by atoms with Gasteiger partial charge in [-0.25, -0.2) is 0 Å². The smallest absolute Gasteiger partial charge is 0.406 e. The Bertz CT molecular complexity index is 652. The molecule has 5 nitrogen and oxygen atoms in total. The van der Waals surface area contributed by atoms with Crippen molar-refractivity contribution in [1.82, 2.24) is 9.78 Å². The maximum Gasteiger partial charge on any atom is 0.573 e. The molecule has 0 spiro atoms. The van der Waals surface area contributed by atoms with Gasteiger partial charge in [0.25, 0.3) is 5.91 Å². The van der Waals surface area contributed by atoms with Crippen molar-refractivity contribution >= 4 is 11.6 Å². The van der Waals surface area contributed by atoms with Crippen LogP contribution in [0.25, 0.3) is 0 Å². The van der Waals surface area contributed by atoms with Crippen LogP contribution in [0.2, 0.25) is 0 Å². The Labute approximate surface area is 120 Å². The largest absolute Gasteiger partial charge is 0.573 e. The summed E-state index contributed by atoms with van der Waals surface area (Å²) in [5.74, 6) is -1.34. The molecule has 0 aliphatic carbocycles. The standard InChI is InChI=1S/C12H8F5N3O2/c13-11(14)20-9(5-6-18-20)10(21)19-7-1-3-8(4-2-7)22-12(15,16)17/h1-6,11H,(H,19,21). The van der Waals surface area contributed by atoms with Gasteiger partial charge in [0.1, 0.15) is 11.4 Å². The lowest BCUT2D eigenvalue weighted by atomic mass is 10.3. The first kappa shape index (κ1) is 15.7. The van der Waals surface area contributed by atoms with E-state index in [1.807, 2.05) is 0 Å². The van der Waals surface area contributed by atoms with E-state index >= 15 is 0 Å². The number of carbonyl (C=O) groups is 1. The Balaban J connectivity index is 2.07. The lowest BCUT2D eigenvalue weighted by Crippen LogP contribution is -2.18. The number of amides is 1. The van der Waals surface area contributed by atoms with E-state index in [1.165, 1.54) is 0 Å². The number of nitrogens with zero attached hydrogens (tertiary/aromatic N) is 2. The molecule has 1 amide bonds. The second-order valence-electron chi connectivity index (χ2n) is 3.96. The number of halogens is 5. The highest BCUT2D eigenvalue weighted by Gasteiger charge is 2.31. The number of hydrogen-bond donors (Lipinski definition) is 1. The fourth-order valence-electron chi connectivity index (χ4n) is 1.58. The Morgan fingerprint density at radius 3 is 2.36 bits per heavy atom. The molecule has 0 fully saturated rings. The number of anilines is 1. The number of rotatable bonds is 4. The van der Waals surface area contributed by atoms with Crippen molar-refractivity contribution < 1.29 is 31.5 Å². The third-order valence-corrected chi connectivity index (χ3v) is 2.43. The zero-order valence-electron chi connectivity index (χ0n) is 10.6. The van der Waals surface area contributed by atoms with Crippen LogP contribution in [0.1, 0.15) is 17.0 Å². The van der Waals surface area contributed by atoms with Crippen LogP contribution in [0.4, 0.5) is 27.6 Å². The molecule has 1 aromatic heterocycles. The van der Waals surface area contributed by atoms with E-state index < -0.39 is 24.6 Å². The van der Waals surface area contributed by atoms with Crippen LogP contribution in [0.3, 0.4) is 0 Å². The monoisotopic (exact) mass is 321 g/mol. The number of carbonyl (C=O) groups excluding carboxylic acids is 1. The van der Waals surface area contributed by atoms with Gasteiger partial charge in [-0.1, -0.05) is 0 Å². The van der Waals surface area contributed by atoms with Crippen molar-refractivity contribution in [1.29, 1.82) is 0 Å². The predicted octanol–water partition coefficient (Wildman–Crippen LogP) is 3.43. The van der Waals surface area contributed by atoms with Crippen LogP contribution in [0, 0.1) is 0 Å². The summed E-state index contributed by atoms with van der Waals surface area (Å²) in [4.78, 5) is 11.8. The zero-order valence-corrected chi connectivity index (χ0v) is 10.6. The van der Waals surface area contributed by atoms with E-state index in [0.29, 0.717) is 0 Å². The van der Waals surface area contributed by atoms with E-state index in [0.717, 1.165) is 36.5 Å². The molecule has 10 heteroatoms.